The molecule has 0 aliphatic heterocycles. The van der Waals surface area contributed by atoms with Crippen LogP contribution in [0.5, 0.6) is 0 Å². The molecule has 2 aromatic heterocycles. The molecule has 0 saturated heterocycles. The van der Waals surface area contributed by atoms with Gasteiger partial charge in [0.25, 0.3) is 0 Å². The number of anilines is 1. The Morgan fingerprint density at radius 2 is 2.26 bits per heavy atom. The minimum atomic E-state index is -0.867. The molecule has 0 saturated carbocycles. The second-order valence-corrected chi connectivity index (χ2v) is 5.06. The number of carboxylic acids is 1. The number of nitrogens with zero attached hydrogens (tertiary/aromatic N) is 3. The van der Waals surface area contributed by atoms with Crippen LogP contribution in [-0.2, 0) is 4.79 Å². The second kappa shape index (κ2) is 5.26. The molecule has 0 fully saturated rings. The van der Waals surface area contributed by atoms with Gasteiger partial charge < -0.3 is 10.4 Å². The smallest absolute Gasteiger partial charge is 0.326 e. The van der Waals surface area contributed by atoms with Crippen molar-refractivity contribution in [1.29, 1.82) is 0 Å². The number of aryl methyl sites for hydroxylation is 1. The van der Waals surface area contributed by atoms with Crippen molar-refractivity contribution < 1.29 is 9.90 Å². The van der Waals surface area contributed by atoms with E-state index in [1.54, 1.807) is 16.9 Å². The molecular weight excluding hydrogens is 244 g/mol. The van der Waals surface area contributed by atoms with Gasteiger partial charge >= 0.3 is 5.97 Å². The monoisotopic (exact) mass is 262 g/mol. The molecule has 0 bridgehead atoms. The van der Waals surface area contributed by atoms with Gasteiger partial charge in [-0.25, -0.2) is 14.3 Å². The number of hydrogen-bond acceptors (Lipinski definition) is 4. The van der Waals surface area contributed by atoms with E-state index in [9.17, 15) is 9.90 Å². The molecule has 0 unspecified atom stereocenters. The molecule has 2 aromatic rings. The fraction of sp³-hybridized carbons (Fsp3) is 0.462. The van der Waals surface area contributed by atoms with Crippen molar-refractivity contribution in [3.63, 3.8) is 0 Å². The van der Waals surface area contributed by atoms with E-state index in [1.165, 1.54) is 0 Å². The third-order valence-corrected chi connectivity index (χ3v) is 2.83. The molecule has 6 heteroatoms. The lowest BCUT2D eigenvalue weighted by Crippen LogP contribution is -2.31. The van der Waals surface area contributed by atoms with Gasteiger partial charge in [-0.15, -0.1) is 0 Å². The minimum absolute atomic E-state index is 0.292. The largest absolute Gasteiger partial charge is 0.480 e. The van der Waals surface area contributed by atoms with Gasteiger partial charge in [0.05, 0.1) is 5.69 Å². The highest BCUT2D eigenvalue weighted by Crippen LogP contribution is 2.17. The van der Waals surface area contributed by atoms with Gasteiger partial charge in [-0.2, -0.15) is 5.10 Å². The van der Waals surface area contributed by atoms with Crippen molar-refractivity contribution in [2.45, 2.75) is 33.2 Å². The lowest BCUT2D eigenvalue weighted by Gasteiger charge is -2.17. The number of carboxylic acid groups (broad SMARTS) is 1. The van der Waals surface area contributed by atoms with Crippen molar-refractivity contribution in [3.05, 3.63) is 24.2 Å². The molecule has 6 nitrogen and oxygen atoms in total. The molecule has 0 amide bonds. The van der Waals surface area contributed by atoms with Gasteiger partial charge in [-0.1, -0.05) is 13.8 Å². The van der Waals surface area contributed by atoms with Crippen LogP contribution < -0.4 is 5.32 Å². The van der Waals surface area contributed by atoms with Crippen molar-refractivity contribution in [1.82, 2.24) is 14.6 Å². The molecular formula is C13H18N4O2. The summed E-state index contributed by atoms with van der Waals surface area (Å²) < 4.78 is 1.69. The van der Waals surface area contributed by atoms with Gasteiger partial charge in [-0.05, 0) is 25.3 Å². The summed E-state index contributed by atoms with van der Waals surface area (Å²) in [6, 6.07) is 1.23. The Bertz CT molecular complexity index is 591. The summed E-state index contributed by atoms with van der Waals surface area (Å²) in [6.45, 7) is 5.88. The zero-order valence-corrected chi connectivity index (χ0v) is 11.3. The van der Waals surface area contributed by atoms with Crippen molar-refractivity contribution in [2.75, 3.05) is 5.32 Å². The number of rotatable bonds is 5. The zero-order valence-electron chi connectivity index (χ0n) is 11.3. The first-order chi connectivity index (χ1) is 8.97. The molecule has 0 spiro atoms. The first kappa shape index (κ1) is 13.3. The molecule has 0 aliphatic carbocycles. The Balaban J connectivity index is 2.30. The van der Waals surface area contributed by atoms with Crippen molar-refractivity contribution >= 4 is 17.3 Å². The van der Waals surface area contributed by atoms with Gasteiger partial charge in [0.2, 0.25) is 0 Å². The van der Waals surface area contributed by atoms with Crippen LogP contribution in [-0.4, -0.2) is 31.7 Å². The quantitative estimate of drug-likeness (QED) is 0.861. The van der Waals surface area contributed by atoms with Crippen LogP contribution in [0.4, 0.5) is 5.82 Å². The molecule has 2 N–H and O–H groups in total. The molecule has 0 aromatic carbocycles. The van der Waals surface area contributed by atoms with Crippen LogP contribution in [0.15, 0.2) is 18.5 Å². The van der Waals surface area contributed by atoms with Crippen LogP contribution in [0.1, 0.15) is 26.0 Å². The summed E-state index contributed by atoms with van der Waals surface area (Å²) in [5.74, 6) is -0.0233. The SMILES string of the molecule is Cc1cc2c(N[C@@H](CC(C)C)C(=O)O)nccn2n1. The average Bonchev–Trinajstić information content (AvgIpc) is 2.68. The van der Waals surface area contributed by atoms with Gasteiger partial charge in [-0.3, -0.25) is 0 Å². The lowest BCUT2D eigenvalue weighted by atomic mass is 10.0. The number of aromatic nitrogens is 3. The summed E-state index contributed by atoms with van der Waals surface area (Å²) in [4.78, 5) is 15.5. The first-order valence-electron chi connectivity index (χ1n) is 6.27. The van der Waals surface area contributed by atoms with Crippen molar-refractivity contribution in [3.8, 4) is 0 Å². The fourth-order valence-corrected chi connectivity index (χ4v) is 2.01. The Morgan fingerprint density at radius 3 is 2.89 bits per heavy atom. The zero-order chi connectivity index (χ0) is 14.0. The van der Waals surface area contributed by atoms with E-state index in [2.05, 4.69) is 15.4 Å². The summed E-state index contributed by atoms with van der Waals surface area (Å²) in [7, 11) is 0. The van der Waals surface area contributed by atoms with E-state index in [-0.39, 0.29) is 0 Å². The van der Waals surface area contributed by atoms with Crippen LogP contribution in [0.2, 0.25) is 0 Å². The second-order valence-electron chi connectivity index (χ2n) is 5.06. The molecule has 0 radical (unpaired) electrons. The molecule has 19 heavy (non-hydrogen) atoms. The number of carbonyl (C=O) groups is 1. The van der Waals surface area contributed by atoms with Crippen LogP contribution in [0.25, 0.3) is 5.52 Å². The average molecular weight is 262 g/mol. The molecule has 0 aliphatic rings. The fourth-order valence-electron chi connectivity index (χ4n) is 2.01. The molecule has 2 heterocycles. The highest BCUT2D eigenvalue weighted by Gasteiger charge is 2.20. The molecule has 2 rings (SSSR count). The maximum absolute atomic E-state index is 11.3. The normalized spacial score (nSPS) is 12.8. The predicted molar refractivity (Wildman–Crippen MR) is 72.2 cm³/mol. The van der Waals surface area contributed by atoms with Gasteiger partial charge in [0, 0.05) is 12.4 Å². The number of nitrogens with one attached hydrogen (secondary N) is 1. The summed E-state index contributed by atoms with van der Waals surface area (Å²) >= 11 is 0. The van der Waals surface area contributed by atoms with E-state index in [0.29, 0.717) is 18.2 Å². The third-order valence-electron chi connectivity index (χ3n) is 2.83. The topological polar surface area (TPSA) is 79.5 Å². The van der Waals surface area contributed by atoms with E-state index >= 15 is 0 Å². The Morgan fingerprint density at radius 1 is 1.53 bits per heavy atom. The highest BCUT2D eigenvalue weighted by atomic mass is 16.4. The number of aliphatic carboxylic acids is 1. The molecule has 102 valence electrons. The third kappa shape index (κ3) is 3.01. The Labute approximate surface area is 111 Å². The Hall–Kier alpha value is -2.11. The maximum Gasteiger partial charge on any atom is 0.326 e. The van der Waals surface area contributed by atoms with Crippen LogP contribution in [0, 0.1) is 12.8 Å². The van der Waals surface area contributed by atoms with E-state index in [1.807, 2.05) is 26.8 Å². The van der Waals surface area contributed by atoms with Crippen LogP contribution in [0.3, 0.4) is 0 Å². The lowest BCUT2D eigenvalue weighted by molar-refractivity contribution is -0.138. The van der Waals surface area contributed by atoms with Gasteiger partial charge in [0.1, 0.15) is 11.6 Å². The van der Waals surface area contributed by atoms with Gasteiger partial charge in [0.15, 0.2) is 5.82 Å². The Kier molecular flexibility index (Phi) is 3.69. The summed E-state index contributed by atoms with van der Waals surface area (Å²) in [5, 5.41) is 16.5. The standard InChI is InChI=1S/C13H18N4O2/c1-8(2)6-10(13(18)19)15-12-11-7-9(3)16-17(11)5-4-14-12/h4-5,7-8,10H,6H2,1-3H3,(H,14,15)(H,18,19)/t10-/m0/s1. The van der Waals surface area contributed by atoms with E-state index in [0.717, 1.165) is 11.2 Å². The maximum atomic E-state index is 11.3. The number of fused-ring (bicyclic) bond motifs is 1. The van der Waals surface area contributed by atoms with E-state index < -0.39 is 12.0 Å². The predicted octanol–water partition coefficient (Wildman–Crippen LogP) is 1.95. The summed E-state index contributed by atoms with van der Waals surface area (Å²) in [6.07, 6.45) is 3.90. The molecule has 1 atom stereocenters. The van der Waals surface area contributed by atoms with Crippen LogP contribution >= 0.6 is 0 Å². The van der Waals surface area contributed by atoms with Crippen molar-refractivity contribution in [2.24, 2.45) is 5.92 Å². The number of hydrogen-bond donors (Lipinski definition) is 2. The highest BCUT2D eigenvalue weighted by molar-refractivity contribution is 5.79. The van der Waals surface area contributed by atoms with E-state index in [4.69, 9.17) is 0 Å². The first-order valence-corrected chi connectivity index (χ1v) is 6.27. The summed E-state index contributed by atoms with van der Waals surface area (Å²) in [5.41, 5.74) is 1.65. The minimum Gasteiger partial charge on any atom is -0.480 e.